The Morgan fingerprint density at radius 1 is 1.00 bits per heavy atom. The van der Waals surface area contributed by atoms with Gasteiger partial charge in [0.15, 0.2) is 11.5 Å². The maximum Gasteiger partial charge on any atom is 0.277 e. The predicted octanol–water partition coefficient (Wildman–Crippen LogP) is 4.08. The Morgan fingerprint density at radius 3 is 2.30 bits per heavy atom. The van der Waals surface area contributed by atoms with Crippen molar-refractivity contribution in [2.24, 2.45) is 0 Å². The molecule has 138 valence electrons. The van der Waals surface area contributed by atoms with Crippen molar-refractivity contribution in [1.29, 1.82) is 0 Å². The SMILES string of the molecule is CCN(CC)C(=O)c1ccc(NC(=O)c2cc(-c3ccccc3)on2)cc1. The highest BCUT2D eigenvalue weighted by Crippen LogP contribution is 2.20. The molecule has 0 aliphatic carbocycles. The van der Waals surface area contributed by atoms with Crippen LogP contribution in [0, 0.1) is 0 Å². The van der Waals surface area contributed by atoms with Gasteiger partial charge in [0.25, 0.3) is 11.8 Å². The molecule has 27 heavy (non-hydrogen) atoms. The van der Waals surface area contributed by atoms with Crippen molar-refractivity contribution in [3.8, 4) is 11.3 Å². The molecule has 0 aliphatic rings. The number of amides is 2. The minimum absolute atomic E-state index is 0.0260. The topological polar surface area (TPSA) is 75.4 Å². The lowest BCUT2D eigenvalue weighted by atomic mass is 10.1. The first-order valence-electron chi connectivity index (χ1n) is 8.85. The molecule has 3 rings (SSSR count). The molecular formula is C21H21N3O3. The molecule has 1 heterocycles. The minimum atomic E-state index is -0.372. The zero-order valence-electron chi connectivity index (χ0n) is 15.3. The Morgan fingerprint density at radius 2 is 1.67 bits per heavy atom. The van der Waals surface area contributed by atoms with E-state index in [1.807, 2.05) is 44.2 Å². The van der Waals surface area contributed by atoms with E-state index in [2.05, 4.69) is 10.5 Å². The van der Waals surface area contributed by atoms with Crippen molar-refractivity contribution >= 4 is 17.5 Å². The van der Waals surface area contributed by atoms with Crippen LogP contribution < -0.4 is 5.32 Å². The van der Waals surface area contributed by atoms with Crippen LogP contribution in [-0.2, 0) is 0 Å². The van der Waals surface area contributed by atoms with Crippen molar-refractivity contribution < 1.29 is 14.1 Å². The van der Waals surface area contributed by atoms with E-state index >= 15 is 0 Å². The third-order valence-electron chi connectivity index (χ3n) is 4.24. The summed E-state index contributed by atoms with van der Waals surface area (Å²) in [5.74, 6) is 0.131. The van der Waals surface area contributed by atoms with E-state index in [9.17, 15) is 9.59 Å². The molecule has 0 radical (unpaired) electrons. The highest BCUT2D eigenvalue weighted by Gasteiger charge is 2.15. The Balaban J connectivity index is 1.68. The summed E-state index contributed by atoms with van der Waals surface area (Å²) in [6, 6.07) is 17.9. The fraction of sp³-hybridized carbons (Fsp3) is 0.190. The quantitative estimate of drug-likeness (QED) is 0.716. The molecule has 2 aromatic carbocycles. The lowest BCUT2D eigenvalue weighted by Crippen LogP contribution is -2.30. The van der Waals surface area contributed by atoms with E-state index in [0.29, 0.717) is 30.1 Å². The molecule has 0 unspecified atom stereocenters. The standard InChI is InChI=1S/C21H21N3O3/c1-3-24(4-2)21(26)16-10-12-17(13-11-16)22-20(25)18-14-19(27-23-18)15-8-6-5-7-9-15/h5-14H,3-4H2,1-2H3,(H,22,25). The number of nitrogens with one attached hydrogen (secondary N) is 1. The van der Waals surface area contributed by atoms with Crippen LogP contribution in [0.1, 0.15) is 34.7 Å². The number of hydrogen-bond donors (Lipinski definition) is 1. The number of aromatic nitrogens is 1. The molecule has 1 aromatic heterocycles. The molecule has 2 amide bonds. The van der Waals surface area contributed by atoms with Gasteiger partial charge in [0, 0.05) is 36.0 Å². The highest BCUT2D eigenvalue weighted by atomic mass is 16.5. The molecular weight excluding hydrogens is 342 g/mol. The highest BCUT2D eigenvalue weighted by molar-refractivity contribution is 6.03. The van der Waals surface area contributed by atoms with E-state index in [0.717, 1.165) is 5.56 Å². The zero-order valence-corrected chi connectivity index (χ0v) is 15.3. The summed E-state index contributed by atoms with van der Waals surface area (Å²) < 4.78 is 5.25. The molecule has 3 aromatic rings. The summed E-state index contributed by atoms with van der Waals surface area (Å²) in [6.45, 7) is 5.20. The van der Waals surface area contributed by atoms with Gasteiger partial charge < -0.3 is 14.7 Å². The molecule has 0 spiro atoms. The van der Waals surface area contributed by atoms with Crippen LogP contribution in [0.15, 0.2) is 65.2 Å². The Bertz CT molecular complexity index is 913. The largest absolute Gasteiger partial charge is 0.355 e. The number of anilines is 1. The first-order valence-corrected chi connectivity index (χ1v) is 8.85. The van der Waals surface area contributed by atoms with Gasteiger partial charge in [-0.2, -0.15) is 0 Å². The number of rotatable bonds is 6. The smallest absolute Gasteiger partial charge is 0.277 e. The maximum atomic E-state index is 12.4. The molecule has 0 saturated carbocycles. The summed E-state index contributed by atoms with van der Waals surface area (Å²) in [6.07, 6.45) is 0. The van der Waals surface area contributed by atoms with Gasteiger partial charge in [0.2, 0.25) is 0 Å². The van der Waals surface area contributed by atoms with Crippen LogP contribution in [0.25, 0.3) is 11.3 Å². The van der Waals surface area contributed by atoms with Crippen molar-refractivity contribution in [3.63, 3.8) is 0 Å². The van der Waals surface area contributed by atoms with Gasteiger partial charge in [-0.1, -0.05) is 35.5 Å². The first kappa shape index (κ1) is 18.4. The van der Waals surface area contributed by atoms with Gasteiger partial charge in [0.05, 0.1) is 0 Å². The monoisotopic (exact) mass is 363 g/mol. The summed E-state index contributed by atoms with van der Waals surface area (Å²) in [4.78, 5) is 26.4. The average Bonchev–Trinajstić information content (AvgIpc) is 3.20. The average molecular weight is 363 g/mol. The van der Waals surface area contributed by atoms with Gasteiger partial charge in [0.1, 0.15) is 0 Å². The molecule has 0 saturated heterocycles. The number of carbonyl (C=O) groups excluding carboxylic acids is 2. The van der Waals surface area contributed by atoms with Crippen LogP contribution >= 0.6 is 0 Å². The van der Waals surface area contributed by atoms with E-state index in [-0.39, 0.29) is 17.5 Å². The van der Waals surface area contributed by atoms with Gasteiger partial charge in [-0.25, -0.2) is 0 Å². The maximum absolute atomic E-state index is 12.4. The predicted molar refractivity (Wildman–Crippen MR) is 104 cm³/mol. The third-order valence-corrected chi connectivity index (χ3v) is 4.24. The second-order valence-corrected chi connectivity index (χ2v) is 5.95. The summed E-state index contributed by atoms with van der Waals surface area (Å²) in [5.41, 5.74) is 2.21. The van der Waals surface area contributed by atoms with Crippen molar-refractivity contribution in [3.05, 3.63) is 71.9 Å². The number of hydrogen-bond acceptors (Lipinski definition) is 4. The van der Waals surface area contributed by atoms with Crippen LogP contribution in [0.5, 0.6) is 0 Å². The van der Waals surface area contributed by atoms with E-state index < -0.39 is 0 Å². The number of nitrogens with zero attached hydrogens (tertiary/aromatic N) is 2. The number of benzene rings is 2. The molecule has 6 nitrogen and oxygen atoms in total. The van der Waals surface area contributed by atoms with E-state index in [1.54, 1.807) is 35.2 Å². The molecule has 1 N–H and O–H groups in total. The van der Waals surface area contributed by atoms with Crippen molar-refractivity contribution in [2.45, 2.75) is 13.8 Å². The van der Waals surface area contributed by atoms with Crippen LogP contribution in [0.4, 0.5) is 5.69 Å². The first-order chi connectivity index (χ1) is 13.1. The Hall–Kier alpha value is -3.41. The lowest BCUT2D eigenvalue weighted by molar-refractivity contribution is 0.0773. The molecule has 6 heteroatoms. The Labute approximate surface area is 157 Å². The van der Waals surface area contributed by atoms with Gasteiger partial charge in [-0.15, -0.1) is 0 Å². The fourth-order valence-corrected chi connectivity index (χ4v) is 2.71. The van der Waals surface area contributed by atoms with Crippen LogP contribution in [-0.4, -0.2) is 35.0 Å². The Kier molecular flexibility index (Phi) is 5.66. The molecule has 0 aliphatic heterocycles. The van der Waals surface area contributed by atoms with E-state index in [4.69, 9.17) is 4.52 Å². The minimum Gasteiger partial charge on any atom is -0.355 e. The number of carbonyl (C=O) groups is 2. The molecule has 0 atom stereocenters. The van der Waals surface area contributed by atoms with Gasteiger partial charge >= 0.3 is 0 Å². The van der Waals surface area contributed by atoms with Crippen LogP contribution in [0.2, 0.25) is 0 Å². The molecule has 0 bridgehead atoms. The second-order valence-electron chi connectivity index (χ2n) is 5.95. The van der Waals surface area contributed by atoms with Gasteiger partial charge in [-0.3, -0.25) is 9.59 Å². The molecule has 0 fully saturated rings. The summed E-state index contributed by atoms with van der Waals surface area (Å²) >= 11 is 0. The zero-order chi connectivity index (χ0) is 19.2. The van der Waals surface area contributed by atoms with Gasteiger partial charge in [-0.05, 0) is 38.1 Å². The van der Waals surface area contributed by atoms with Crippen molar-refractivity contribution in [1.82, 2.24) is 10.1 Å². The fourth-order valence-electron chi connectivity index (χ4n) is 2.71. The van der Waals surface area contributed by atoms with E-state index in [1.165, 1.54) is 0 Å². The van der Waals surface area contributed by atoms with Crippen LogP contribution in [0.3, 0.4) is 0 Å². The third kappa shape index (κ3) is 4.23. The van der Waals surface area contributed by atoms with Crippen molar-refractivity contribution in [2.75, 3.05) is 18.4 Å². The second kappa shape index (κ2) is 8.31. The lowest BCUT2D eigenvalue weighted by Gasteiger charge is -2.18. The summed E-state index contributed by atoms with van der Waals surface area (Å²) in [5, 5.41) is 6.59. The summed E-state index contributed by atoms with van der Waals surface area (Å²) in [7, 11) is 0. The normalized spacial score (nSPS) is 10.4.